The number of carbonyl (C=O) groups is 1. The molecule has 0 spiro atoms. The molecule has 6 heteroatoms. The second kappa shape index (κ2) is 8.82. The number of carbonyl (C=O) groups excluding carboxylic acids is 1. The molecule has 0 bridgehead atoms. The molecule has 27 heavy (non-hydrogen) atoms. The van der Waals surface area contributed by atoms with Crippen LogP contribution in [-0.4, -0.2) is 33.5 Å². The summed E-state index contributed by atoms with van der Waals surface area (Å²) in [5, 5.41) is 4.69. The van der Waals surface area contributed by atoms with E-state index in [1.807, 2.05) is 54.3 Å². The van der Waals surface area contributed by atoms with Gasteiger partial charge >= 0.3 is 0 Å². The molecule has 0 saturated heterocycles. The lowest BCUT2D eigenvalue weighted by Crippen LogP contribution is -2.39. The fraction of sp³-hybridized carbons (Fsp3) is 0.286. The Morgan fingerprint density at radius 3 is 2.52 bits per heavy atom. The van der Waals surface area contributed by atoms with Crippen molar-refractivity contribution in [3.8, 4) is 11.4 Å². The van der Waals surface area contributed by atoms with Crippen LogP contribution in [0.15, 0.2) is 59.1 Å². The van der Waals surface area contributed by atoms with E-state index >= 15 is 0 Å². The second-order valence-corrected chi connectivity index (χ2v) is 6.83. The third kappa shape index (κ3) is 4.74. The van der Waals surface area contributed by atoms with Gasteiger partial charge in [-0.2, -0.15) is 4.98 Å². The van der Waals surface area contributed by atoms with Crippen LogP contribution in [0.2, 0.25) is 5.02 Å². The minimum atomic E-state index is 0.0161. The van der Waals surface area contributed by atoms with Crippen LogP contribution < -0.4 is 0 Å². The summed E-state index contributed by atoms with van der Waals surface area (Å²) < 4.78 is 5.37. The van der Waals surface area contributed by atoms with Gasteiger partial charge in [0, 0.05) is 35.2 Å². The van der Waals surface area contributed by atoms with Crippen LogP contribution >= 0.6 is 11.6 Å². The first-order valence-corrected chi connectivity index (χ1v) is 9.40. The zero-order valence-electron chi connectivity index (χ0n) is 15.4. The van der Waals surface area contributed by atoms with Crippen LogP contribution in [-0.2, 0) is 6.42 Å². The minimum Gasteiger partial charge on any atom is -0.339 e. The smallest absolute Gasteiger partial charge is 0.254 e. The standard InChI is InChI=1S/C21H22ClN3O2/c1-3-15(2)25(21(26)17-7-5-4-6-8-17)14-13-19-23-20(24-27-19)16-9-11-18(22)12-10-16/h4-12,15H,3,13-14H2,1-2H3/t15-/m0/s1. The molecule has 5 nitrogen and oxygen atoms in total. The van der Waals surface area contributed by atoms with Crippen molar-refractivity contribution in [2.45, 2.75) is 32.7 Å². The average Bonchev–Trinajstić information content (AvgIpc) is 3.18. The van der Waals surface area contributed by atoms with Gasteiger partial charge in [0.2, 0.25) is 11.7 Å². The zero-order chi connectivity index (χ0) is 19.2. The zero-order valence-corrected chi connectivity index (χ0v) is 16.2. The Labute approximate surface area is 164 Å². The van der Waals surface area contributed by atoms with E-state index < -0.39 is 0 Å². The lowest BCUT2D eigenvalue weighted by atomic mass is 10.1. The number of amides is 1. The molecular formula is C21H22ClN3O2. The van der Waals surface area contributed by atoms with Crippen molar-refractivity contribution in [2.24, 2.45) is 0 Å². The fourth-order valence-corrected chi connectivity index (χ4v) is 2.90. The van der Waals surface area contributed by atoms with Gasteiger partial charge in [0.05, 0.1) is 0 Å². The van der Waals surface area contributed by atoms with E-state index in [2.05, 4.69) is 17.1 Å². The molecular weight excluding hydrogens is 362 g/mol. The Morgan fingerprint density at radius 2 is 1.85 bits per heavy atom. The van der Waals surface area contributed by atoms with E-state index in [1.165, 1.54) is 0 Å². The van der Waals surface area contributed by atoms with Gasteiger partial charge in [0.25, 0.3) is 5.91 Å². The van der Waals surface area contributed by atoms with E-state index in [4.69, 9.17) is 16.1 Å². The summed E-state index contributed by atoms with van der Waals surface area (Å²) in [6, 6.07) is 16.7. The number of hydrogen-bond acceptors (Lipinski definition) is 4. The highest BCUT2D eigenvalue weighted by Gasteiger charge is 2.21. The Kier molecular flexibility index (Phi) is 6.24. The topological polar surface area (TPSA) is 59.2 Å². The van der Waals surface area contributed by atoms with E-state index in [1.54, 1.807) is 12.1 Å². The molecule has 2 aromatic carbocycles. The van der Waals surface area contributed by atoms with Gasteiger partial charge in [0.1, 0.15) is 0 Å². The normalized spacial score (nSPS) is 12.0. The SMILES string of the molecule is CC[C@H](C)N(CCc1nc(-c2ccc(Cl)cc2)no1)C(=O)c1ccccc1. The highest BCUT2D eigenvalue weighted by molar-refractivity contribution is 6.30. The van der Waals surface area contributed by atoms with Crippen molar-refractivity contribution in [3.63, 3.8) is 0 Å². The van der Waals surface area contributed by atoms with Crippen LogP contribution in [0.4, 0.5) is 0 Å². The molecule has 0 unspecified atom stereocenters. The second-order valence-electron chi connectivity index (χ2n) is 6.39. The van der Waals surface area contributed by atoms with Crippen molar-refractivity contribution in [1.29, 1.82) is 0 Å². The van der Waals surface area contributed by atoms with Crippen molar-refractivity contribution >= 4 is 17.5 Å². The molecule has 0 radical (unpaired) electrons. The number of aromatic nitrogens is 2. The van der Waals surface area contributed by atoms with Crippen molar-refractivity contribution < 1.29 is 9.32 Å². The van der Waals surface area contributed by atoms with Gasteiger partial charge in [-0.3, -0.25) is 4.79 Å². The number of benzene rings is 2. The fourth-order valence-electron chi connectivity index (χ4n) is 2.78. The Morgan fingerprint density at radius 1 is 1.15 bits per heavy atom. The molecule has 1 amide bonds. The lowest BCUT2D eigenvalue weighted by Gasteiger charge is -2.28. The van der Waals surface area contributed by atoms with E-state index in [9.17, 15) is 4.79 Å². The Bertz CT molecular complexity index is 878. The summed E-state index contributed by atoms with van der Waals surface area (Å²) in [5.74, 6) is 1.04. The van der Waals surface area contributed by atoms with Crippen molar-refractivity contribution in [2.75, 3.05) is 6.54 Å². The molecule has 140 valence electrons. The first-order valence-electron chi connectivity index (χ1n) is 9.03. The summed E-state index contributed by atoms with van der Waals surface area (Å²) in [6.45, 7) is 4.64. The molecule has 1 aromatic heterocycles. The first kappa shape index (κ1) is 19.1. The molecule has 0 N–H and O–H groups in total. The number of rotatable bonds is 7. The van der Waals surface area contributed by atoms with Gasteiger partial charge in [-0.05, 0) is 49.7 Å². The number of nitrogens with zero attached hydrogens (tertiary/aromatic N) is 3. The molecule has 1 atom stereocenters. The quantitative estimate of drug-likeness (QED) is 0.583. The monoisotopic (exact) mass is 383 g/mol. The molecule has 0 aliphatic rings. The summed E-state index contributed by atoms with van der Waals surface area (Å²) in [6.07, 6.45) is 1.38. The highest BCUT2D eigenvalue weighted by atomic mass is 35.5. The minimum absolute atomic E-state index is 0.0161. The summed E-state index contributed by atoms with van der Waals surface area (Å²) in [5.41, 5.74) is 1.53. The van der Waals surface area contributed by atoms with E-state index in [0.29, 0.717) is 35.3 Å². The molecule has 0 aliphatic heterocycles. The lowest BCUT2D eigenvalue weighted by molar-refractivity contribution is 0.0686. The van der Waals surface area contributed by atoms with Gasteiger partial charge in [-0.25, -0.2) is 0 Å². The maximum absolute atomic E-state index is 12.9. The first-order chi connectivity index (χ1) is 13.1. The summed E-state index contributed by atoms with van der Waals surface area (Å²) in [7, 11) is 0. The maximum Gasteiger partial charge on any atom is 0.254 e. The predicted octanol–water partition coefficient (Wildman–Crippen LogP) is 4.87. The average molecular weight is 384 g/mol. The van der Waals surface area contributed by atoms with Gasteiger partial charge in [-0.1, -0.05) is 41.9 Å². The molecule has 0 aliphatic carbocycles. The van der Waals surface area contributed by atoms with Crippen LogP contribution in [0, 0.1) is 0 Å². The van der Waals surface area contributed by atoms with Crippen LogP contribution in [0.25, 0.3) is 11.4 Å². The summed E-state index contributed by atoms with van der Waals surface area (Å²) in [4.78, 5) is 19.2. The molecule has 3 aromatic rings. The van der Waals surface area contributed by atoms with Crippen LogP contribution in [0.5, 0.6) is 0 Å². The number of halogens is 1. The number of hydrogen-bond donors (Lipinski definition) is 0. The Hall–Kier alpha value is -2.66. The van der Waals surface area contributed by atoms with Crippen LogP contribution in [0.3, 0.4) is 0 Å². The van der Waals surface area contributed by atoms with Crippen molar-refractivity contribution in [1.82, 2.24) is 15.0 Å². The molecule has 1 heterocycles. The molecule has 3 rings (SSSR count). The third-order valence-corrected chi connectivity index (χ3v) is 4.79. The van der Waals surface area contributed by atoms with Gasteiger partial charge in [-0.15, -0.1) is 0 Å². The van der Waals surface area contributed by atoms with E-state index in [0.717, 1.165) is 12.0 Å². The Balaban J connectivity index is 1.70. The summed E-state index contributed by atoms with van der Waals surface area (Å²) >= 11 is 5.91. The van der Waals surface area contributed by atoms with Crippen LogP contribution in [0.1, 0.15) is 36.5 Å². The molecule has 0 fully saturated rings. The predicted molar refractivity (Wildman–Crippen MR) is 106 cm³/mol. The van der Waals surface area contributed by atoms with Gasteiger partial charge in [0.15, 0.2) is 0 Å². The molecule has 0 saturated carbocycles. The van der Waals surface area contributed by atoms with Gasteiger partial charge < -0.3 is 9.42 Å². The van der Waals surface area contributed by atoms with E-state index in [-0.39, 0.29) is 11.9 Å². The van der Waals surface area contributed by atoms with Crippen molar-refractivity contribution in [3.05, 3.63) is 71.1 Å². The third-order valence-electron chi connectivity index (χ3n) is 4.54. The maximum atomic E-state index is 12.9. The highest BCUT2D eigenvalue weighted by Crippen LogP contribution is 2.19. The largest absolute Gasteiger partial charge is 0.339 e.